The number of hydrogen-bond donors (Lipinski definition) is 1. The van der Waals surface area contributed by atoms with E-state index < -0.39 is 26.5 Å². The van der Waals surface area contributed by atoms with Gasteiger partial charge in [-0.25, -0.2) is 4.57 Å². The zero-order valence-corrected chi connectivity index (χ0v) is 31.9. The van der Waals surface area contributed by atoms with E-state index in [0.717, 1.165) is 51.4 Å². The molecule has 0 spiro atoms. The SMILES string of the molecule is CCCCCCC/C=C\CCCCCCCC(=O)O[C@H](COC(=O)CCCCCCCCCCC)COP(=O)(O)OCC[N+](C)(C)C. The number of carbonyl (C=O) groups is 2. The maximum absolute atomic E-state index is 12.6. The minimum absolute atomic E-state index is 0.0326. The highest BCUT2D eigenvalue weighted by Gasteiger charge is 2.27. The van der Waals surface area contributed by atoms with Gasteiger partial charge in [-0.2, -0.15) is 0 Å². The normalized spacial score (nSPS) is 13.9. The Kier molecular flexibility index (Phi) is 30.0. The Morgan fingerprint density at radius 3 is 1.57 bits per heavy atom. The Labute approximate surface area is 288 Å². The van der Waals surface area contributed by atoms with Crippen molar-refractivity contribution in [3.8, 4) is 0 Å². The average Bonchev–Trinajstić information content (AvgIpc) is 3.01. The highest BCUT2D eigenvalue weighted by atomic mass is 31.2. The van der Waals surface area contributed by atoms with Gasteiger partial charge in [0.1, 0.15) is 19.8 Å². The maximum atomic E-state index is 12.6. The number of phosphoric ester groups is 1. The standard InChI is InChI=1S/C37H72NO8P/c1-6-8-10-12-14-16-17-18-19-20-22-24-26-28-30-37(40)46-35(34-45-47(41,42)44-32-31-38(3,4)5)33-43-36(39)29-27-25-23-21-15-13-11-9-7-2/h17-18,35H,6-16,19-34H2,1-5H3/p+1/b18-17-/t35-/m1/s1. The van der Waals surface area contributed by atoms with Crippen LogP contribution in [0.3, 0.4) is 0 Å². The molecule has 0 heterocycles. The number of allylic oxidation sites excluding steroid dienone is 2. The lowest BCUT2D eigenvalue weighted by atomic mass is 10.1. The molecule has 0 aromatic heterocycles. The highest BCUT2D eigenvalue weighted by molar-refractivity contribution is 7.47. The first kappa shape index (κ1) is 45.8. The van der Waals surface area contributed by atoms with Crippen molar-refractivity contribution in [3.63, 3.8) is 0 Å². The summed E-state index contributed by atoms with van der Waals surface area (Å²) in [6.07, 6.45) is 28.3. The lowest BCUT2D eigenvalue weighted by Crippen LogP contribution is -2.37. The first-order chi connectivity index (χ1) is 22.5. The minimum Gasteiger partial charge on any atom is -0.462 e. The van der Waals surface area contributed by atoms with Crippen molar-refractivity contribution in [2.75, 3.05) is 47.5 Å². The van der Waals surface area contributed by atoms with Crippen molar-refractivity contribution in [2.45, 2.75) is 168 Å². The Bertz CT molecular complexity index is 830. The number of phosphoric acid groups is 1. The molecule has 1 unspecified atom stereocenters. The summed E-state index contributed by atoms with van der Waals surface area (Å²) in [6, 6.07) is 0. The van der Waals surface area contributed by atoms with Crippen molar-refractivity contribution < 1.29 is 42.1 Å². The van der Waals surface area contributed by atoms with Crippen LogP contribution < -0.4 is 0 Å². The van der Waals surface area contributed by atoms with Crippen molar-refractivity contribution in [1.29, 1.82) is 0 Å². The van der Waals surface area contributed by atoms with Crippen LogP contribution in [0.4, 0.5) is 0 Å². The summed E-state index contributed by atoms with van der Waals surface area (Å²) in [7, 11) is 1.47. The summed E-state index contributed by atoms with van der Waals surface area (Å²) in [4.78, 5) is 35.1. The van der Waals surface area contributed by atoms with Crippen molar-refractivity contribution >= 4 is 19.8 Å². The molecule has 0 saturated heterocycles. The second-order valence-corrected chi connectivity index (χ2v) is 15.4. The summed E-state index contributed by atoms with van der Waals surface area (Å²) >= 11 is 0. The summed E-state index contributed by atoms with van der Waals surface area (Å²) < 4.78 is 34.1. The predicted molar refractivity (Wildman–Crippen MR) is 192 cm³/mol. The van der Waals surface area contributed by atoms with Gasteiger partial charge in [-0.15, -0.1) is 0 Å². The number of carbonyl (C=O) groups excluding carboxylic acids is 2. The van der Waals surface area contributed by atoms with E-state index in [1.807, 2.05) is 21.1 Å². The molecule has 10 heteroatoms. The van der Waals surface area contributed by atoms with Crippen LogP contribution in [0.25, 0.3) is 0 Å². The number of quaternary nitrogens is 1. The summed E-state index contributed by atoms with van der Waals surface area (Å²) in [5, 5.41) is 0. The molecule has 9 nitrogen and oxygen atoms in total. The monoisotopic (exact) mass is 691 g/mol. The molecule has 0 saturated carbocycles. The first-order valence-electron chi connectivity index (χ1n) is 18.9. The quantitative estimate of drug-likeness (QED) is 0.0234. The zero-order chi connectivity index (χ0) is 35.1. The van der Waals surface area contributed by atoms with Crippen LogP contribution in [0.5, 0.6) is 0 Å². The molecule has 0 fully saturated rings. The Hall–Kier alpha value is -1.25. The van der Waals surface area contributed by atoms with Crippen LogP contribution in [-0.2, 0) is 32.7 Å². The average molecular weight is 691 g/mol. The van der Waals surface area contributed by atoms with E-state index in [1.54, 1.807) is 0 Å². The highest BCUT2D eigenvalue weighted by Crippen LogP contribution is 2.43. The van der Waals surface area contributed by atoms with Gasteiger partial charge in [0.25, 0.3) is 0 Å². The van der Waals surface area contributed by atoms with E-state index in [0.29, 0.717) is 23.9 Å². The number of nitrogens with zero attached hydrogens (tertiary/aromatic N) is 1. The number of unbranched alkanes of at least 4 members (excludes halogenated alkanes) is 18. The second kappa shape index (κ2) is 30.8. The number of rotatable bonds is 34. The van der Waals surface area contributed by atoms with E-state index in [4.69, 9.17) is 18.5 Å². The number of esters is 2. The van der Waals surface area contributed by atoms with E-state index >= 15 is 0 Å². The number of hydrogen-bond acceptors (Lipinski definition) is 7. The van der Waals surface area contributed by atoms with Crippen molar-refractivity contribution in [3.05, 3.63) is 12.2 Å². The molecule has 0 aliphatic carbocycles. The Morgan fingerprint density at radius 2 is 1.09 bits per heavy atom. The Morgan fingerprint density at radius 1 is 0.638 bits per heavy atom. The third-order valence-electron chi connectivity index (χ3n) is 8.05. The minimum atomic E-state index is -4.36. The first-order valence-corrected chi connectivity index (χ1v) is 20.4. The van der Waals surface area contributed by atoms with Crippen LogP contribution in [0, 0.1) is 0 Å². The van der Waals surface area contributed by atoms with E-state index in [9.17, 15) is 19.0 Å². The van der Waals surface area contributed by atoms with E-state index in [-0.39, 0.29) is 25.6 Å². The van der Waals surface area contributed by atoms with Gasteiger partial charge < -0.3 is 18.9 Å². The van der Waals surface area contributed by atoms with Crippen LogP contribution in [0.1, 0.15) is 162 Å². The Balaban J connectivity index is 4.44. The molecule has 0 aliphatic heterocycles. The molecule has 47 heavy (non-hydrogen) atoms. The zero-order valence-electron chi connectivity index (χ0n) is 31.0. The summed E-state index contributed by atoms with van der Waals surface area (Å²) in [5.74, 6) is -0.809. The van der Waals surface area contributed by atoms with Crippen LogP contribution in [0.2, 0.25) is 0 Å². The van der Waals surface area contributed by atoms with Gasteiger partial charge in [-0.1, -0.05) is 122 Å². The molecule has 278 valence electrons. The van der Waals surface area contributed by atoms with E-state index in [1.165, 1.54) is 77.0 Å². The topological polar surface area (TPSA) is 108 Å². The molecule has 0 aromatic rings. The van der Waals surface area contributed by atoms with Crippen LogP contribution >= 0.6 is 7.82 Å². The number of likely N-dealkylation sites (N-methyl/N-ethyl adjacent to an activating group) is 1. The van der Waals surface area contributed by atoms with Gasteiger partial charge in [0, 0.05) is 12.8 Å². The van der Waals surface area contributed by atoms with Gasteiger partial charge in [-0.05, 0) is 38.5 Å². The molecule has 1 N–H and O–H groups in total. The van der Waals surface area contributed by atoms with Crippen LogP contribution in [-0.4, -0.2) is 74.9 Å². The fourth-order valence-electron chi connectivity index (χ4n) is 5.01. The molecule has 2 atom stereocenters. The third-order valence-corrected chi connectivity index (χ3v) is 9.03. The van der Waals surface area contributed by atoms with Gasteiger partial charge in [-0.3, -0.25) is 18.6 Å². The van der Waals surface area contributed by atoms with Gasteiger partial charge in [0.05, 0.1) is 27.7 Å². The maximum Gasteiger partial charge on any atom is 0.472 e. The number of ether oxygens (including phenoxy) is 2. The van der Waals surface area contributed by atoms with Gasteiger partial charge in [0.15, 0.2) is 6.10 Å². The fourth-order valence-corrected chi connectivity index (χ4v) is 5.75. The molecular weight excluding hydrogens is 617 g/mol. The van der Waals surface area contributed by atoms with Crippen LogP contribution in [0.15, 0.2) is 12.2 Å². The molecule has 0 rings (SSSR count). The molecule has 0 aliphatic rings. The molecule has 0 radical (unpaired) electrons. The second-order valence-electron chi connectivity index (χ2n) is 14.0. The largest absolute Gasteiger partial charge is 0.472 e. The summed E-state index contributed by atoms with van der Waals surface area (Å²) in [5.41, 5.74) is 0. The molecule has 0 aromatic carbocycles. The predicted octanol–water partition coefficient (Wildman–Crippen LogP) is 9.85. The summed E-state index contributed by atoms with van der Waals surface area (Å²) in [6.45, 7) is 4.37. The van der Waals surface area contributed by atoms with Crippen molar-refractivity contribution in [1.82, 2.24) is 0 Å². The molecular formula is C37H73NO8P+. The van der Waals surface area contributed by atoms with Gasteiger partial charge in [0.2, 0.25) is 0 Å². The van der Waals surface area contributed by atoms with Gasteiger partial charge >= 0.3 is 19.8 Å². The smallest absolute Gasteiger partial charge is 0.462 e. The fraction of sp³-hybridized carbons (Fsp3) is 0.892. The molecule has 0 amide bonds. The lowest BCUT2D eigenvalue weighted by molar-refractivity contribution is -0.870. The third kappa shape index (κ3) is 34.4. The van der Waals surface area contributed by atoms with Crippen molar-refractivity contribution in [2.24, 2.45) is 0 Å². The van der Waals surface area contributed by atoms with E-state index in [2.05, 4.69) is 26.0 Å². The lowest BCUT2D eigenvalue weighted by Gasteiger charge is -2.24. The molecule has 0 bridgehead atoms.